The van der Waals surface area contributed by atoms with Gasteiger partial charge in [-0.3, -0.25) is 0 Å². The van der Waals surface area contributed by atoms with Crippen LogP contribution >= 0.6 is 0 Å². The molecular weight excluding hydrogens is 402 g/mol. The summed E-state index contributed by atoms with van der Waals surface area (Å²) in [6.07, 6.45) is 10.2. The fourth-order valence-corrected chi connectivity index (χ4v) is 4.81. The molecule has 1 N–H and O–H groups in total. The van der Waals surface area contributed by atoms with Crippen LogP contribution in [0.4, 0.5) is 5.82 Å². The van der Waals surface area contributed by atoms with Gasteiger partial charge in [0.05, 0.1) is 11.9 Å². The van der Waals surface area contributed by atoms with E-state index in [1.807, 2.05) is 36.0 Å². The molecule has 0 radical (unpaired) electrons. The Bertz CT molecular complexity index is 1020. The van der Waals surface area contributed by atoms with E-state index in [0.29, 0.717) is 12.8 Å². The lowest BCUT2D eigenvalue weighted by molar-refractivity contribution is 0.0899. The molecule has 166 valence electrons. The molecule has 0 atom stereocenters. The Labute approximate surface area is 186 Å². The molecule has 0 aliphatic heterocycles. The van der Waals surface area contributed by atoms with Gasteiger partial charge in [-0.15, -0.1) is 0 Å². The van der Waals surface area contributed by atoms with Crippen molar-refractivity contribution in [1.29, 1.82) is 0 Å². The van der Waals surface area contributed by atoms with Gasteiger partial charge < -0.3 is 14.6 Å². The fourth-order valence-electron chi connectivity index (χ4n) is 4.05. The predicted octanol–water partition coefficient (Wildman–Crippen LogP) is 5.86. The zero-order valence-electron chi connectivity index (χ0n) is 19.3. The van der Waals surface area contributed by atoms with E-state index < -0.39 is 8.07 Å². The van der Waals surface area contributed by atoms with Crippen molar-refractivity contribution in [2.24, 2.45) is 0 Å². The van der Waals surface area contributed by atoms with E-state index in [4.69, 9.17) is 19.7 Å². The number of fused-ring (bicyclic) bond motifs is 1. The highest BCUT2D eigenvalue weighted by molar-refractivity contribution is 6.76. The summed E-state index contributed by atoms with van der Waals surface area (Å²) in [7, 11) is -1.08. The van der Waals surface area contributed by atoms with Crippen molar-refractivity contribution < 1.29 is 4.74 Å². The Morgan fingerprint density at radius 1 is 1.10 bits per heavy atom. The molecular formula is C24H35N5OSi. The molecule has 1 aliphatic rings. The number of hydrogen-bond acceptors (Lipinski definition) is 5. The van der Waals surface area contributed by atoms with Crippen molar-refractivity contribution >= 4 is 25.1 Å². The Balaban J connectivity index is 1.52. The van der Waals surface area contributed by atoms with Crippen molar-refractivity contribution in [2.45, 2.75) is 77.5 Å². The molecule has 0 bridgehead atoms. The molecule has 1 saturated carbocycles. The molecule has 6 nitrogen and oxygen atoms in total. The maximum atomic E-state index is 5.90. The van der Waals surface area contributed by atoms with Gasteiger partial charge in [-0.05, 0) is 44.0 Å². The summed E-state index contributed by atoms with van der Waals surface area (Å²) in [5.74, 6) is 0.926. The van der Waals surface area contributed by atoms with Crippen LogP contribution in [0.1, 0.15) is 37.8 Å². The second kappa shape index (κ2) is 9.49. The van der Waals surface area contributed by atoms with E-state index in [9.17, 15) is 0 Å². The summed E-state index contributed by atoms with van der Waals surface area (Å²) in [5.41, 5.74) is 4.63. The molecule has 0 saturated heterocycles. The second-order valence-electron chi connectivity index (χ2n) is 9.93. The molecule has 0 unspecified atom stereocenters. The van der Waals surface area contributed by atoms with Gasteiger partial charge in [-0.25, -0.2) is 15.0 Å². The lowest BCUT2D eigenvalue weighted by atomic mass is 9.95. The maximum absolute atomic E-state index is 5.90. The van der Waals surface area contributed by atoms with Gasteiger partial charge in [-0.1, -0.05) is 38.9 Å². The van der Waals surface area contributed by atoms with Crippen LogP contribution in [0.5, 0.6) is 0 Å². The topological polar surface area (TPSA) is 64.9 Å². The normalized spacial score (nSPS) is 15.5. The lowest BCUT2D eigenvalue weighted by Gasteiger charge is -2.24. The van der Waals surface area contributed by atoms with E-state index in [-0.39, 0.29) is 0 Å². The van der Waals surface area contributed by atoms with Gasteiger partial charge >= 0.3 is 0 Å². The first-order valence-corrected chi connectivity index (χ1v) is 15.2. The monoisotopic (exact) mass is 437 g/mol. The standard InChI is InChI=1S/C24H35N5OSi/c1-18-10-11-20(23(26-18)27-19-8-6-5-7-9-19)22-16-25-24-21(28-22)12-13-29(24)17-30-14-15-31(2,3)4/h10-13,16,19H,5-9,14-15,17H2,1-4H3,(H,26,27). The lowest BCUT2D eigenvalue weighted by Crippen LogP contribution is -2.23. The number of aryl methyl sites for hydroxylation is 1. The van der Waals surface area contributed by atoms with Crippen LogP contribution < -0.4 is 5.32 Å². The molecule has 4 rings (SSSR count). The molecule has 31 heavy (non-hydrogen) atoms. The molecule has 0 aromatic carbocycles. The van der Waals surface area contributed by atoms with Crippen LogP contribution in [0.3, 0.4) is 0 Å². The van der Waals surface area contributed by atoms with E-state index >= 15 is 0 Å². The Morgan fingerprint density at radius 2 is 1.90 bits per heavy atom. The Morgan fingerprint density at radius 3 is 2.68 bits per heavy atom. The van der Waals surface area contributed by atoms with Gasteiger partial charge in [0.25, 0.3) is 0 Å². The van der Waals surface area contributed by atoms with Crippen molar-refractivity contribution in [3.8, 4) is 11.3 Å². The van der Waals surface area contributed by atoms with Crippen molar-refractivity contribution in [3.05, 3.63) is 36.3 Å². The van der Waals surface area contributed by atoms with Gasteiger partial charge in [0.2, 0.25) is 0 Å². The number of hydrogen-bond donors (Lipinski definition) is 1. The SMILES string of the molecule is Cc1ccc(-c2cnc3c(ccn3COCC[Si](C)(C)C)n2)c(NC2CCCCC2)n1. The summed E-state index contributed by atoms with van der Waals surface area (Å²) in [6, 6.07) is 7.83. The first-order chi connectivity index (χ1) is 14.9. The maximum Gasteiger partial charge on any atom is 0.160 e. The minimum atomic E-state index is -1.08. The zero-order chi connectivity index (χ0) is 21.8. The number of nitrogens with zero attached hydrogens (tertiary/aromatic N) is 4. The first kappa shape index (κ1) is 22.0. The molecule has 3 aromatic rings. The van der Waals surface area contributed by atoms with Gasteiger partial charge in [0, 0.05) is 38.2 Å². The second-order valence-corrected chi connectivity index (χ2v) is 15.5. The highest BCUT2D eigenvalue weighted by Crippen LogP contribution is 2.29. The van der Waals surface area contributed by atoms with Crippen LogP contribution in [0.2, 0.25) is 25.7 Å². The summed E-state index contributed by atoms with van der Waals surface area (Å²) in [6.45, 7) is 10.4. The van der Waals surface area contributed by atoms with Crippen molar-refractivity contribution in [2.75, 3.05) is 11.9 Å². The van der Waals surface area contributed by atoms with E-state index in [1.165, 1.54) is 38.1 Å². The summed E-state index contributed by atoms with van der Waals surface area (Å²) >= 11 is 0. The number of rotatable bonds is 8. The molecule has 3 heterocycles. The van der Waals surface area contributed by atoms with Gasteiger partial charge in [0.1, 0.15) is 18.1 Å². The number of pyridine rings is 1. The first-order valence-electron chi connectivity index (χ1n) is 11.5. The summed E-state index contributed by atoms with van der Waals surface area (Å²) in [4.78, 5) is 14.4. The number of ether oxygens (including phenoxy) is 1. The number of aromatic nitrogens is 4. The number of nitrogens with one attached hydrogen (secondary N) is 1. The van der Waals surface area contributed by atoms with Gasteiger partial charge in [0.15, 0.2) is 5.65 Å². The Kier molecular flexibility index (Phi) is 6.72. The highest BCUT2D eigenvalue weighted by atomic mass is 28.3. The third kappa shape index (κ3) is 5.71. The van der Waals surface area contributed by atoms with E-state index in [1.54, 1.807) is 0 Å². The quantitative estimate of drug-likeness (QED) is 0.353. The average Bonchev–Trinajstić information content (AvgIpc) is 3.14. The van der Waals surface area contributed by atoms with Crippen molar-refractivity contribution in [1.82, 2.24) is 19.5 Å². The van der Waals surface area contributed by atoms with E-state index in [0.717, 1.165) is 40.5 Å². The molecule has 0 amide bonds. The summed E-state index contributed by atoms with van der Waals surface area (Å²) in [5, 5.41) is 3.69. The van der Waals surface area contributed by atoms with Crippen LogP contribution in [-0.2, 0) is 11.5 Å². The van der Waals surface area contributed by atoms with Crippen LogP contribution in [0.15, 0.2) is 30.6 Å². The number of anilines is 1. The predicted molar refractivity (Wildman–Crippen MR) is 130 cm³/mol. The highest BCUT2D eigenvalue weighted by Gasteiger charge is 2.18. The molecule has 3 aromatic heterocycles. The zero-order valence-corrected chi connectivity index (χ0v) is 20.3. The minimum Gasteiger partial charge on any atom is -0.367 e. The minimum absolute atomic E-state index is 0.493. The molecule has 1 aliphatic carbocycles. The third-order valence-corrected chi connectivity index (χ3v) is 7.65. The average molecular weight is 438 g/mol. The summed E-state index contributed by atoms with van der Waals surface area (Å²) < 4.78 is 7.94. The van der Waals surface area contributed by atoms with Gasteiger partial charge in [-0.2, -0.15) is 0 Å². The molecule has 1 fully saturated rings. The van der Waals surface area contributed by atoms with E-state index in [2.05, 4.69) is 31.0 Å². The van der Waals surface area contributed by atoms with Crippen molar-refractivity contribution in [3.63, 3.8) is 0 Å². The molecule has 0 spiro atoms. The largest absolute Gasteiger partial charge is 0.367 e. The van der Waals surface area contributed by atoms with Crippen LogP contribution in [0.25, 0.3) is 22.4 Å². The van der Waals surface area contributed by atoms with Crippen LogP contribution in [-0.4, -0.2) is 40.2 Å². The van der Waals surface area contributed by atoms with Crippen LogP contribution in [0, 0.1) is 6.92 Å². The third-order valence-electron chi connectivity index (χ3n) is 5.95. The molecule has 7 heteroatoms. The Hall–Kier alpha value is -2.25. The smallest absolute Gasteiger partial charge is 0.160 e. The fraction of sp³-hybridized carbons (Fsp3) is 0.542.